The highest BCUT2D eigenvalue weighted by molar-refractivity contribution is 8.04. The van der Waals surface area contributed by atoms with Crippen LogP contribution in [0, 0.1) is 6.92 Å². The highest BCUT2D eigenvalue weighted by Gasteiger charge is 2.40. The number of nitrogens with one attached hydrogen (secondary N) is 1. The first-order valence-corrected chi connectivity index (χ1v) is 12.3. The fourth-order valence-corrected chi connectivity index (χ4v) is 4.58. The summed E-state index contributed by atoms with van der Waals surface area (Å²) >= 11 is 1.21. The van der Waals surface area contributed by atoms with Crippen LogP contribution >= 0.6 is 11.8 Å². The minimum atomic E-state index is -0.497. The van der Waals surface area contributed by atoms with E-state index in [-0.39, 0.29) is 10.6 Å². The number of esters is 1. The SMILES string of the molecule is CCCOC(=O)c1ccc(N2C(=O)C(Nc3cc(C)ccc3OC)=C(Sc3ccccc3)C2=O)cc1. The number of carbonyl (C=O) groups is 3. The Labute approximate surface area is 214 Å². The Morgan fingerprint density at radius 1 is 0.972 bits per heavy atom. The molecule has 0 radical (unpaired) electrons. The molecule has 0 atom stereocenters. The summed E-state index contributed by atoms with van der Waals surface area (Å²) in [5.41, 5.74) is 2.41. The molecule has 0 spiro atoms. The Morgan fingerprint density at radius 3 is 2.36 bits per heavy atom. The molecular formula is C28H26N2O5S. The van der Waals surface area contributed by atoms with Crippen molar-refractivity contribution in [2.45, 2.75) is 25.2 Å². The van der Waals surface area contributed by atoms with E-state index in [0.717, 1.165) is 21.8 Å². The van der Waals surface area contributed by atoms with Crippen LogP contribution in [-0.4, -0.2) is 31.5 Å². The minimum Gasteiger partial charge on any atom is -0.495 e. The van der Waals surface area contributed by atoms with Gasteiger partial charge in [-0.05, 0) is 67.4 Å². The molecule has 3 aromatic rings. The molecule has 2 amide bonds. The van der Waals surface area contributed by atoms with E-state index in [1.807, 2.05) is 56.3 Å². The molecule has 0 fully saturated rings. The van der Waals surface area contributed by atoms with Crippen LogP contribution in [0.3, 0.4) is 0 Å². The quantitative estimate of drug-likeness (QED) is 0.303. The maximum Gasteiger partial charge on any atom is 0.338 e. The second kappa shape index (κ2) is 11.1. The summed E-state index contributed by atoms with van der Waals surface area (Å²) in [7, 11) is 1.55. The first kappa shape index (κ1) is 25.1. The van der Waals surface area contributed by atoms with Crippen LogP contribution < -0.4 is 15.0 Å². The molecule has 0 bridgehead atoms. The zero-order valence-corrected chi connectivity index (χ0v) is 21.1. The van der Waals surface area contributed by atoms with Crippen LogP contribution in [0.1, 0.15) is 29.3 Å². The number of hydrogen-bond acceptors (Lipinski definition) is 7. The number of nitrogens with zero attached hydrogens (tertiary/aromatic N) is 1. The van der Waals surface area contributed by atoms with Gasteiger partial charge in [-0.25, -0.2) is 9.69 Å². The summed E-state index contributed by atoms with van der Waals surface area (Å²) in [4.78, 5) is 41.5. The van der Waals surface area contributed by atoms with E-state index in [1.54, 1.807) is 37.4 Å². The first-order valence-electron chi connectivity index (χ1n) is 11.5. The lowest BCUT2D eigenvalue weighted by molar-refractivity contribution is -0.120. The van der Waals surface area contributed by atoms with E-state index in [2.05, 4.69) is 5.32 Å². The van der Waals surface area contributed by atoms with Crippen molar-refractivity contribution >= 4 is 40.9 Å². The Bertz CT molecular complexity index is 1320. The number of imide groups is 1. The van der Waals surface area contributed by atoms with Crippen LogP contribution in [0.4, 0.5) is 11.4 Å². The van der Waals surface area contributed by atoms with Gasteiger partial charge in [0.2, 0.25) is 0 Å². The van der Waals surface area contributed by atoms with Crippen LogP contribution in [0.2, 0.25) is 0 Å². The average Bonchev–Trinajstić information content (AvgIpc) is 3.12. The Balaban J connectivity index is 1.69. The number of methoxy groups -OCH3 is 1. The number of aryl methyl sites for hydroxylation is 1. The van der Waals surface area contributed by atoms with Gasteiger partial charge in [0.25, 0.3) is 11.8 Å². The van der Waals surface area contributed by atoms with Crippen molar-refractivity contribution in [2.75, 3.05) is 23.9 Å². The molecule has 1 aliphatic heterocycles. The van der Waals surface area contributed by atoms with Crippen molar-refractivity contribution in [1.82, 2.24) is 0 Å². The third-order valence-electron chi connectivity index (χ3n) is 5.42. The van der Waals surface area contributed by atoms with Crippen LogP contribution in [-0.2, 0) is 14.3 Å². The van der Waals surface area contributed by atoms with Gasteiger partial charge in [0.15, 0.2) is 0 Å². The van der Waals surface area contributed by atoms with E-state index in [0.29, 0.717) is 29.3 Å². The minimum absolute atomic E-state index is 0.157. The van der Waals surface area contributed by atoms with E-state index < -0.39 is 17.8 Å². The van der Waals surface area contributed by atoms with Gasteiger partial charge < -0.3 is 14.8 Å². The first-order chi connectivity index (χ1) is 17.4. The van der Waals surface area contributed by atoms with Crippen molar-refractivity contribution in [3.8, 4) is 5.75 Å². The number of hydrogen-bond donors (Lipinski definition) is 1. The lowest BCUT2D eigenvalue weighted by Gasteiger charge is -2.16. The molecule has 36 heavy (non-hydrogen) atoms. The predicted octanol–water partition coefficient (Wildman–Crippen LogP) is 5.56. The maximum absolute atomic E-state index is 13.6. The largest absolute Gasteiger partial charge is 0.495 e. The van der Waals surface area contributed by atoms with Gasteiger partial charge in [-0.3, -0.25) is 9.59 Å². The van der Waals surface area contributed by atoms with Crippen molar-refractivity contribution in [1.29, 1.82) is 0 Å². The van der Waals surface area contributed by atoms with Crippen LogP contribution in [0.15, 0.2) is 88.3 Å². The third kappa shape index (κ3) is 5.28. The smallest absolute Gasteiger partial charge is 0.338 e. The molecule has 1 N–H and O–H groups in total. The highest BCUT2D eigenvalue weighted by atomic mass is 32.2. The van der Waals surface area contributed by atoms with Gasteiger partial charge in [-0.15, -0.1) is 0 Å². The fraction of sp³-hybridized carbons (Fsp3) is 0.179. The molecule has 0 unspecified atom stereocenters. The molecule has 1 aliphatic rings. The molecule has 7 nitrogen and oxygen atoms in total. The maximum atomic E-state index is 13.6. The summed E-state index contributed by atoms with van der Waals surface area (Å²) in [6, 6.07) is 21.2. The monoisotopic (exact) mass is 502 g/mol. The summed E-state index contributed by atoms with van der Waals surface area (Å²) in [5.74, 6) is -0.854. The van der Waals surface area contributed by atoms with Crippen LogP contribution in [0.5, 0.6) is 5.75 Å². The molecule has 8 heteroatoms. The molecule has 1 heterocycles. The molecule has 0 aromatic heterocycles. The van der Waals surface area contributed by atoms with E-state index in [9.17, 15) is 14.4 Å². The van der Waals surface area contributed by atoms with Crippen LogP contribution in [0.25, 0.3) is 0 Å². The highest BCUT2D eigenvalue weighted by Crippen LogP contribution is 2.39. The van der Waals surface area contributed by atoms with Crippen molar-refractivity contribution < 1.29 is 23.9 Å². The molecule has 3 aromatic carbocycles. The Hall–Kier alpha value is -4.04. The number of anilines is 2. The molecule has 0 aliphatic carbocycles. The van der Waals surface area contributed by atoms with E-state index in [4.69, 9.17) is 9.47 Å². The molecule has 4 rings (SSSR count). The van der Waals surface area contributed by atoms with Gasteiger partial charge in [-0.2, -0.15) is 0 Å². The Morgan fingerprint density at radius 2 is 1.69 bits per heavy atom. The van der Waals surface area contributed by atoms with Gasteiger partial charge in [0.1, 0.15) is 16.4 Å². The van der Waals surface area contributed by atoms with Gasteiger partial charge in [0.05, 0.1) is 30.7 Å². The number of rotatable bonds is 9. The van der Waals surface area contributed by atoms with Crippen molar-refractivity contribution in [2.24, 2.45) is 0 Å². The van der Waals surface area contributed by atoms with Crippen molar-refractivity contribution in [3.63, 3.8) is 0 Å². The summed E-state index contributed by atoms with van der Waals surface area (Å²) in [6.45, 7) is 4.17. The van der Waals surface area contributed by atoms with E-state index >= 15 is 0 Å². The summed E-state index contributed by atoms with van der Waals surface area (Å²) < 4.78 is 10.6. The standard InChI is InChI=1S/C28H26N2O5S/c1-4-16-35-28(33)19-11-13-20(14-12-19)30-26(31)24(29-22-17-18(2)10-15-23(22)34-3)25(27(30)32)36-21-8-6-5-7-9-21/h5-15,17,29H,4,16H2,1-3H3. The summed E-state index contributed by atoms with van der Waals surface area (Å²) in [5, 5.41) is 3.15. The topological polar surface area (TPSA) is 84.9 Å². The van der Waals surface area contributed by atoms with E-state index in [1.165, 1.54) is 11.8 Å². The molecule has 0 saturated carbocycles. The van der Waals surface area contributed by atoms with Crippen molar-refractivity contribution in [3.05, 3.63) is 94.5 Å². The Kier molecular flexibility index (Phi) is 7.75. The third-order valence-corrected chi connectivity index (χ3v) is 6.51. The molecule has 0 saturated heterocycles. The lowest BCUT2D eigenvalue weighted by Crippen LogP contribution is -2.32. The fourth-order valence-electron chi connectivity index (χ4n) is 3.63. The number of benzene rings is 3. The van der Waals surface area contributed by atoms with Gasteiger partial charge >= 0.3 is 5.97 Å². The number of ether oxygens (including phenoxy) is 2. The molecular weight excluding hydrogens is 476 g/mol. The second-order valence-electron chi connectivity index (χ2n) is 8.08. The molecule has 184 valence electrons. The number of carbonyl (C=O) groups excluding carboxylic acids is 3. The lowest BCUT2D eigenvalue weighted by atomic mass is 10.2. The zero-order valence-electron chi connectivity index (χ0n) is 20.2. The average molecular weight is 503 g/mol. The normalized spacial score (nSPS) is 13.2. The van der Waals surface area contributed by atoms with Gasteiger partial charge in [-0.1, -0.05) is 43.0 Å². The second-order valence-corrected chi connectivity index (χ2v) is 9.16. The zero-order chi connectivity index (χ0) is 25.7. The summed E-state index contributed by atoms with van der Waals surface area (Å²) in [6.07, 6.45) is 0.718. The van der Waals surface area contributed by atoms with Gasteiger partial charge in [0, 0.05) is 4.90 Å². The number of amides is 2. The predicted molar refractivity (Wildman–Crippen MR) is 140 cm³/mol. The number of thioether (sulfide) groups is 1.